The van der Waals surface area contributed by atoms with Crippen molar-refractivity contribution in [3.63, 3.8) is 0 Å². The van der Waals surface area contributed by atoms with Crippen molar-refractivity contribution < 1.29 is 5.11 Å². The zero-order valence-electron chi connectivity index (χ0n) is 11.6. The van der Waals surface area contributed by atoms with Crippen LogP contribution in [0.2, 0.25) is 0 Å². The largest absolute Gasteiger partial charge is 0.379 e. The maximum absolute atomic E-state index is 11.3. The second-order valence-electron chi connectivity index (χ2n) is 4.79. The fourth-order valence-corrected chi connectivity index (χ4v) is 3.43. The molecule has 0 saturated carbocycles. The molecule has 1 heterocycles. The first-order chi connectivity index (χ1) is 9.52. The Balaban J connectivity index is 2.58. The third kappa shape index (κ3) is 2.85. The van der Waals surface area contributed by atoms with Crippen LogP contribution in [-0.4, -0.2) is 14.9 Å². The minimum Gasteiger partial charge on any atom is -0.379 e. The molecule has 0 amide bonds. The van der Waals surface area contributed by atoms with Gasteiger partial charge >= 0.3 is 0 Å². The maximum Gasteiger partial charge on any atom is 0.132 e. The summed E-state index contributed by atoms with van der Waals surface area (Å²) in [6.07, 6.45) is 3.31. The van der Waals surface area contributed by atoms with Gasteiger partial charge in [-0.15, -0.1) is 0 Å². The molecule has 20 heavy (non-hydrogen) atoms. The van der Waals surface area contributed by atoms with Crippen molar-refractivity contribution in [3.8, 4) is 0 Å². The van der Waals surface area contributed by atoms with Gasteiger partial charge in [-0.05, 0) is 46.5 Å². The van der Waals surface area contributed by atoms with Crippen LogP contribution in [0.1, 0.15) is 37.9 Å². The summed E-state index contributed by atoms with van der Waals surface area (Å²) in [7, 11) is 0. The van der Waals surface area contributed by atoms with Gasteiger partial charge in [0, 0.05) is 11.0 Å². The second kappa shape index (κ2) is 6.41. The van der Waals surface area contributed by atoms with Gasteiger partial charge < -0.3 is 5.11 Å². The highest BCUT2D eigenvalue weighted by atomic mass is 79.9. The fraction of sp³-hybridized carbons (Fsp3) is 0.400. The van der Waals surface area contributed by atoms with E-state index >= 15 is 0 Å². The molecule has 0 fully saturated rings. The van der Waals surface area contributed by atoms with Gasteiger partial charge in [0.05, 0.1) is 16.4 Å². The molecule has 2 rings (SSSR count). The van der Waals surface area contributed by atoms with Gasteiger partial charge in [0.25, 0.3) is 0 Å². The summed E-state index contributed by atoms with van der Waals surface area (Å²) in [5, 5.41) is 15.6. The van der Waals surface area contributed by atoms with Gasteiger partial charge in [0.15, 0.2) is 0 Å². The molecule has 0 saturated heterocycles. The monoisotopic (exact) mass is 400 g/mol. The molecular formula is C15H18Br2N2O. The maximum atomic E-state index is 11.3. The van der Waals surface area contributed by atoms with Crippen LogP contribution >= 0.6 is 31.9 Å². The lowest BCUT2D eigenvalue weighted by atomic mass is 9.88. The van der Waals surface area contributed by atoms with Gasteiger partial charge in [-0.3, -0.25) is 4.68 Å². The van der Waals surface area contributed by atoms with E-state index in [1.165, 1.54) is 0 Å². The lowest BCUT2D eigenvalue weighted by molar-refractivity contribution is 0.0656. The molecule has 0 bridgehead atoms. The summed E-state index contributed by atoms with van der Waals surface area (Å²) >= 11 is 6.99. The Morgan fingerprint density at radius 1 is 1.30 bits per heavy atom. The third-order valence-electron chi connectivity index (χ3n) is 3.44. The molecule has 0 radical (unpaired) electrons. The van der Waals surface area contributed by atoms with Crippen LogP contribution in [0.5, 0.6) is 0 Å². The Bertz CT molecular complexity index is 597. The lowest BCUT2D eigenvalue weighted by Crippen LogP contribution is -2.30. The van der Waals surface area contributed by atoms with Crippen molar-refractivity contribution in [2.24, 2.45) is 0 Å². The van der Waals surface area contributed by atoms with Gasteiger partial charge in [-0.2, -0.15) is 5.10 Å². The number of rotatable bonds is 5. The molecule has 1 atom stereocenters. The standard InChI is InChI=1S/C15H18Br2N2O/c1-3-8-19-14(13(17)10-18-19)15(20,4-2)11-6-5-7-12(16)9-11/h5-7,9-10,20H,3-4,8H2,1-2H3. The fourth-order valence-electron chi connectivity index (χ4n) is 2.41. The van der Waals surface area contributed by atoms with E-state index in [4.69, 9.17) is 0 Å². The molecule has 108 valence electrons. The van der Waals surface area contributed by atoms with Crippen LogP contribution in [0.25, 0.3) is 0 Å². The highest BCUT2D eigenvalue weighted by Gasteiger charge is 2.35. The lowest BCUT2D eigenvalue weighted by Gasteiger charge is -2.29. The quantitative estimate of drug-likeness (QED) is 0.802. The molecule has 2 aromatic rings. The Labute approximate surface area is 136 Å². The van der Waals surface area contributed by atoms with Crippen molar-refractivity contribution in [3.05, 3.63) is 50.7 Å². The Kier molecular flexibility index (Phi) is 5.04. The Morgan fingerprint density at radius 3 is 2.65 bits per heavy atom. The molecule has 0 aliphatic rings. The van der Waals surface area contributed by atoms with E-state index < -0.39 is 5.60 Å². The van der Waals surface area contributed by atoms with Crippen LogP contribution in [0.15, 0.2) is 39.4 Å². The summed E-state index contributed by atoms with van der Waals surface area (Å²) in [5.74, 6) is 0. The molecule has 1 aromatic heterocycles. The van der Waals surface area contributed by atoms with Crippen LogP contribution in [0, 0.1) is 0 Å². The molecule has 1 N–H and O–H groups in total. The van der Waals surface area contributed by atoms with E-state index in [1.54, 1.807) is 6.20 Å². The summed E-state index contributed by atoms with van der Waals surface area (Å²) in [6, 6.07) is 7.80. The van der Waals surface area contributed by atoms with E-state index in [0.717, 1.165) is 33.2 Å². The third-order valence-corrected chi connectivity index (χ3v) is 4.51. The van der Waals surface area contributed by atoms with E-state index in [9.17, 15) is 5.11 Å². The molecule has 1 unspecified atom stereocenters. The molecular weight excluding hydrogens is 384 g/mol. The summed E-state index contributed by atoms with van der Waals surface area (Å²) in [5.41, 5.74) is 0.641. The number of aromatic nitrogens is 2. The van der Waals surface area contributed by atoms with E-state index in [2.05, 4.69) is 43.9 Å². The number of benzene rings is 1. The topological polar surface area (TPSA) is 38.0 Å². The average Bonchev–Trinajstić information content (AvgIpc) is 2.80. The molecule has 3 nitrogen and oxygen atoms in total. The van der Waals surface area contributed by atoms with Crippen molar-refractivity contribution in [1.82, 2.24) is 9.78 Å². The van der Waals surface area contributed by atoms with Crippen molar-refractivity contribution >= 4 is 31.9 Å². The average molecular weight is 402 g/mol. The highest BCUT2D eigenvalue weighted by Crippen LogP contribution is 2.38. The van der Waals surface area contributed by atoms with Gasteiger partial charge in [-0.1, -0.05) is 41.9 Å². The number of hydrogen-bond acceptors (Lipinski definition) is 2. The smallest absolute Gasteiger partial charge is 0.132 e. The minimum atomic E-state index is -1.05. The van der Waals surface area contributed by atoms with Crippen LogP contribution in [-0.2, 0) is 12.1 Å². The van der Waals surface area contributed by atoms with Crippen molar-refractivity contribution in [2.75, 3.05) is 0 Å². The van der Waals surface area contributed by atoms with Crippen molar-refractivity contribution in [2.45, 2.75) is 38.8 Å². The zero-order chi connectivity index (χ0) is 14.8. The number of hydrogen-bond donors (Lipinski definition) is 1. The minimum absolute atomic E-state index is 0.581. The van der Waals surface area contributed by atoms with E-state index in [0.29, 0.717) is 6.42 Å². The SMILES string of the molecule is CCCn1ncc(Br)c1C(O)(CC)c1cccc(Br)c1. The number of aryl methyl sites for hydroxylation is 1. The Hall–Kier alpha value is -0.650. The normalized spacial score (nSPS) is 14.2. The summed E-state index contributed by atoms with van der Waals surface area (Å²) in [4.78, 5) is 0. The van der Waals surface area contributed by atoms with Crippen LogP contribution in [0.4, 0.5) is 0 Å². The summed E-state index contributed by atoms with van der Waals surface area (Å²) < 4.78 is 3.68. The number of nitrogens with zero attached hydrogens (tertiary/aromatic N) is 2. The molecule has 0 spiro atoms. The first kappa shape index (κ1) is 15.7. The van der Waals surface area contributed by atoms with E-state index in [1.807, 2.05) is 35.9 Å². The first-order valence-electron chi connectivity index (χ1n) is 6.73. The van der Waals surface area contributed by atoms with Gasteiger partial charge in [0.2, 0.25) is 0 Å². The highest BCUT2D eigenvalue weighted by molar-refractivity contribution is 9.10. The van der Waals surface area contributed by atoms with Gasteiger partial charge in [-0.25, -0.2) is 0 Å². The molecule has 0 aliphatic heterocycles. The molecule has 5 heteroatoms. The van der Waals surface area contributed by atoms with Crippen molar-refractivity contribution in [1.29, 1.82) is 0 Å². The molecule has 1 aromatic carbocycles. The van der Waals surface area contributed by atoms with Crippen LogP contribution < -0.4 is 0 Å². The number of aliphatic hydroxyl groups is 1. The molecule has 0 aliphatic carbocycles. The summed E-state index contributed by atoms with van der Waals surface area (Å²) in [6.45, 7) is 4.87. The van der Waals surface area contributed by atoms with Crippen LogP contribution in [0.3, 0.4) is 0 Å². The van der Waals surface area contributed by atoms with Gasteiger partial charge in [0.1, 0.15) is 5.60 Å². The predicted molar refractivity (Wildman–Crippen MR) is 87.6 cm³/mol. The number of halogens is 2. The second-order valence-corrected chi connectivity index (χ2v) is 6.56. The first-order valence-corrected chi connectivity index (χ1v) is 8.31. The van der Waals surface area contributed by atoms with E-state index in [-0.39, 0.29) is 0 Å². The predicted octanol–water partition coefficient (Wildman–Crippen LogP) is 4.46. The Morgan fingerprint density at radius 2 is 2.05 bits per heavy atom. The zero-order valence-corrected chi connectivity index (χ0v) is 14.8.